The van der Waals surface area contributed by atoms with Crippen LogP contribution >= 0.6 is 12.4 Å². The van der Waals surface area contributed by atoms with Crippen molar-refractivity contribution in [3.8, 4) is 16.9 Å². The topological polar surface area (TPSA) is 122 Å². The van der Waals surface area contributed by atoms with Crippen LogP contribution in [0.5, 0.6) is 5.75 Å². The highest BCUT2D eigenvalue weighted by Gasteiger charge is 2.49. The predicted molar refractivity (Wildman–Crippen MR) is 142 cm³/mol. The summed E-state index contributed by atoms with van der Waals surface area (Å²) in [5, 5.41) is -0.999. The molecule has 0 saturated carbocycles. The number of guanidine groups is 1. The fourth-order valence-electron chi connectivity index (χ4n) is 4.27. The standard InChI is InChI=1S/C26H27N3O5S.ClH/c1-17(35(31,32)33)13-18-7-4-10-21(14-18)26(24(30)29(2)25(27)28-26)22-11-5-8-19(15-22)20-9-6-12-23(16-20)34-3;/h4-12,14-17H,13H2,1-3H3,(H2,27,28)(H,31,32,33);1H. The van der Waals surface area contributed by atoms with Gasteiger partial charge in [-0.05, 0) is 59.4 Å². The van der Waals surface area contributed by atoms with Gasteiger partial charge in [-0.25, -0.2) is 4.99 Å². The summed E-state index contributed by atoms with van der Waals surface area (Å²) >= 11 is 0. The number of hydrogen-bond acceptors (Lipinski definition) is 6. The summed E-state index contributed by atoms with van der Waals surface area (Å²) in [4.78, 5) is 19.6. The molecule has 3 aromatic rings. The van der Waals surface area contributed by atoms with Crippen molar-refractivity contribution in [2.75, 3.05) is 14.2 Å². The van der Waals surface area contributed by atoms with E-state index in [9.17, 15) is 17.8 Å². The van der Waals surface area contributed by atoms with E-state index in [1.807, 2.05) is 48.5 Å². The smallest absolute Gasteiger partial charge is 0.267 e. The Hall–Kier alpha value is -3.40. The monoisotopic (exact) mass is 529 g/mol. The molecule has 3 aromatic carbocycles. The lowest BCUT2D eigenvalue weighted by Gasteiger charge is -2.27. The van der Waals surface area contributed by atoms with Crippen molar-refractivity contribution in [1.29, 1.82) is 0 Å². The molecule has 1 heterocycles. The number of benzene rings is 3. The van der Waals surface area contributed by atoms with E-state index in [1.54, 1.807) is 38.4 Å². The van der Waals surface area contributed by atoms with Gasteiger partial charge in [0.15, 0.2) is 11.5 Å². The summed E-state index contributed by atoms with van der Waals surface area (Å²) in [5.74, 6) is 0.471. The first-order chi connectivity index (χ1) is 16.6. The van der Waals surface area contributed by atoms with E-state index >= 15 is 0 Å². The second-order valence-electron chi connectivity index (χ2n) is 8.59. The van der Waals surface area contributed by atoms with Crippen LogP contribution in [0.25, 0.3) is 11.1 Å². The van der Waals surface area contributed by atoms with Crippen molar-refractivity contribution in [2.24, 2.45) is 10.7 Å². The van der Waals surface area contributed by atoms with E-state index in [1.165, 1.54) is 11.8 Å². The van der Waals surface area contributed by atoms with Crippen LogP contribution in [0.4, 0.5) is 0 Å². The van der Waals surface area contributed by atoms with Gasteiger partial charge in [-0.1, -0.05) is 54.6 Å². The third-order valence-corrected chi connectivity index (χ3v) is 7.48. The molecule has 0 spiro atoms. The number of carbonyl (C=O) groups excluding carboxylic acids is 1. The Bertz CT molecular complexity index is 1430. The van der Waals surface area contributed by atoms with Crippen molar-refractivity contribution in [1.82, 2.24) is 4.90 Å². The molecular formula is C26H28ClN3O5S. The molecule has 1 amide bonds. The van der Waals surface area contributed by atoms with Gasteiger partial charge in [-0.2, -0.15) is 8.42 Å². The molecule has 2 unspecified atom stereocenters. The van der Waals surface area contributed by atoms with Gasteiger partial charge >= 0.3 is 0 Å². The Morgan fingerprint density at radius 2 is 1.61 bits per heavy atom. The first kappa shape index (κ1) is 27.2. The lowest BCUT2D eigenvalue weighted by molar-refractivity contribution is -0.129. The van der Waals surface area contributed by atoms with Gasteiger partial charge in [0, 0.05) is 7.05 Å². The molecule has 1 aliphatic heterocycles. The number of aliphatic imine (C=N–C) groups is 1. The van der Waals surface area contributed by atoms with Crippen molar-refractivity contribution in [2.45, 2.75) is 24.1 Å². The molecule has 10 heteroatoms. The minimum atomic E-state index is -4.20. The molecule has 0 saturated heterocycles. The molecule has 0 radical (unpaired) electrons. The lowest BCUT2D eigenvalue weighted by Crippen LogP contribution is -2.41. The lowest BCUT2D eigenvalue weighted by atomic mass is 9.81. The number of carbonyl (C=O) groups is 1. The second-order valence-corrected chi connectivity index (χ2v) is 10.4. The zero-order valence-corrected chi connectivity index (χ0v) is 21.7. The van der Waals surface area contributed by atoms with Gasteiger partial charge in [-0.3, -0.25) is 14.2 Å². The maximum atomic E-state index is 13.7. The summed E-state index contributed by atoms with van der Waals surface area (Å²) in [6.07, 6.45) is 0.0792. The molecule has 3 N–H and O–H groups in total. The minimum absolute atomic E-state index is 0. The summed E-state index contributed by atoms with van der Waals surface area (Å²) in [7, 11) is -1.03. The van der Waals surface area contributed by atoms with E-state index in [4.69, 9.17) is 10.5 Å². The van der Waals surface area contributed by atoms with Crippen LogP contribution < -0.4 is 10.5 Å². The Morgan fingerprint density at radius 1 is 1.03 bits per heavy atom. The van der Waals surface area contributed by atoms with Gasteiger partial charge < -0.3 is 10.5 Å². The minimum Gasteiger partial charge on any atom is -0.497 e. The number of amides is 1. The van der Waals surface area contributed by atoms with Crippen molar-refractivity contribution >= 4 is 34.4 Å². The summed E-state index contributed by atoms with van der Waals surface area (Å²) in [6.45, 7) is 1.43. The molecule has 190 valence electrons. The molecule has 0 fully saturated rings. The number of methoxy groups -OCH3 is 1. The van der Waals surface area contributed by atoms with Crippen LogP contribution in [0.1, 0.15) is 23.6 Å². The third-order valence-electron chi connectivity index (χ3n) is 6.30. The first-order valence-electron chi connectivity index (χ1n) is 11.0. The van der Waals surface area contributed by atoms with Crippen LogP contribution in [0, 0.1) is 0 Å². The van der Waals surface area contributed by atoms with Crippen LogP contribution in [0.15, 0.2) is 77.8 Å². The highest BCUT2D eigenvalue weighted by molar-refractivity contribution is 7.86. The van der Waals surface area contributed by atoms with Crippen LogP contribution in [0.3, 0.4) is 0 Å². The Labute approximate surface area is 217 Å². The number of halogens is 1. The fourth-order valence-corrected chi connectivity index (χ4v) is 4.67. The largest absolute Gasteiger partial charge is 0.497 e. The van der Waals surface area contributed by atoms with Crippen molar-refractivity contribution in [3.63, 3.8) is 0 Å². The molecule has 0 aromatic heterocycles. The fraction of sp³-hybridized carbons (Fsp3) is 0.231. The van der Waals surface area contributed by atoms with Crippen LogP contribution in [0.2, 0.25) is 0 Å². The molecule has 2 atom stereocenters. The number of likely N-dealkylation sites (N-methyl/N-ethyl adjacent to an activating group) is 1. The predicted octanol–water partition coefficient (Wildman–Crippen LogP) is 3.63. The van der Waals surface area contributed by atoms with Crippen molar-refractivity contribution < 1.29 is 22.5 Å². The first-order valence-corrected chi connectivity index (χ1v) is 12.5. The van der Waals surface area contributed by atoms with Gasteiger partial charge in [0.2, 0.25) is 0 Å². The quantitative estimate of drug-likeness (QED) is 0.451. The maximum Gasteiger partial charge on any atom is 0.267 e. The van der Waals surface area contributed by atoms with E-state index in [0.29, 0.717) is 22.4 Å². The van der Waals surface area contributed by atoms with Gasteiger partial charge in [0.05, 0.1) is 12.4 Å². The average molecular weight is 530 g/mol. The number of hydrogen-bond donors (Lipinski definition) is 2. The zero-order valence-electron chi connectivity index (χ0n) is 20.1. The normalized spacial score (nSPS) is 18.4. The molecule has 36 heavy (non-hydrogen) atoms. The Morgan fingerprint density at radius 3 is 2.19 bits per heavy atom. The number of nitrogens with zero attached hydrogens (tertiary/aromatic N) is 2. The van der Waals surface area contributed by atoms with E-state index < -0.39 is 20.9 Å². The SMILES string of the molecule is COc1cccc(-c2cccc(C3(c4cccc(CC(C)S(=O)(=O)O)c4)N=C(N)N(C)C3=O)c2)c1.Cl. The average Bonchev–Trinajstić information content (AvgIpc) is 3.08. The molecule has 0 bridgehead atoms. The van der Waals surface area contributed by atoms with Gasteiger partial charge in [0.1, 0.15) is 5.75 Å². The number of rotatable bonds is 7. The molecule has 1 aliphatic rings. The van der Waals surface area contributed by atoms with Gasteiger partial charge in [0.25, 0.3) is 16.0 Å². The molecule has 0 aliphatic carbocycles. The van der Waals surface area contributed by atoms with E-state index in [-0.39, 0.29) is 30.7 Å². The molecule has 8 nitrogen and oxygen atoms in total. The third kappa shape index (κ3) is 4.95. The Balaban J connectivity index is 0.00000361. The summed E-state index contributed by atoms with van der Waals surface area (Å²) in [5.41, 5.74) is 8.27. The van der Waals surface area contributed by atoms with E-state index in [2.05, 4.69) is 4.99 Å². The number of nitrogens with two attached hydrogens (primary N) is 1. The van der Waals surface area contributed by atoms with Crippen LogP contribution in [-0.4, -0.2) is 49.1 Å². The second kappa shape index (κ2) is 10.3. The highest BCUT2D eigenvalue weighted by Crippen LogP contribution is 2.41. The Kier molecular flexibility index (Phi) is 7.78. The molecule has 4 rings (SSSR count). The molecular weight excluding hydrogens is 502 g/mol. The summed E-state index contributed by atoms with van der Waals surface area (Å²) in [6, 6.07) is 22.1. The maximum absolute atomic E-state index is 13.7. The zero-order chi connectivity index (χ0) is 25.4. The summed E-state index contributed by atoms with van der Waals surface area (Å²) < 4.78 is 37.9. The van der Waals surface area contributed by atoms with E-state index in [0.717, 1.165) is 11.1 Å². The van der Waals surface area contributed by atoms with Crippen LogP contribution in [-0.2, 0) is 26.9 Å². The highest BCUT2D eigenvalue weighted by atomic mass is 35.5. The van der Waals surface area contributed by atoms with Gasteiger partial charge in [-0.15, -0.1) is 12.4 Å². The number of ether oxygens (including phenoxy) is 1. The van der Waals surface area contributed by atoms with Crippen molar-refractivity contribution in [3.05, 3.63) is 89.5 Å².